The predicted molar refractivity (Wildman–Crippen MR) is 63.8 cm³/mol. The van der Waals surface area contributed by atoms with Gasteiger partial charge in [-0.05, 0) is 13.2 Å². The summed E-state index contributed by atoms with van der Waals surface area (Å²) in [6.07, 6.45) is 3.16. The van der Waals surface area contributed by atoms with E-state index in [1.54, 1.807) is 18.7 Å². The summed E-state index contributed by atoms with van der Waals surface area (Å²) < 4.78 is 1.80. The maximum Gasteiger partial charge on any atom is 0.328 e. The molecular weight excluding hydrogens is 252 g/mol. The van der Waals surface area contributed by atoms with Gasteiger partial charge in [0.25, 0.3) is 0 Å². The molecule has 0 spiro atoms. The number of rotatable bonds is 5. The fourth-order valence-electron chi connectivity index (χ4n) is 0.766. The van der Waals surface area contributed by atoms with Crippen LogP contribution in [0, 0.1) is 0 Å². The summed E-state index contributed by atoms with van der Waals surface area (Å²) in [4.78, 5) is 10.4. The molecular formula is C8H10N2O2S3. The van der Waals surface area contributed by atoms with Crippen molar-refractivity contribution in [3.63, 3.8) is 0 Å². The van der Waals surface area contributed by atoms with Crippen LogP contribution in [0.5, 0.6) is 0 Å². The molecule has 1 rings (SSSR count). The van der Waals surface area contributed by atoms with Crippen LogP contribution in [0.4, 0.5) is 0 Å². The van der Waals surface area contributed by atoms with Crippen LogP contribution in [-0.2, 0) is 4.79 Å². The maximum absolute atomic E-state index is 10.4. The minimum atomic E-state index is -0.907. The number of aliphatic carboxylic acids is 1. The first-order valence-electron chi connectivity index (χ1n) is 4.02. The molecule has 0 aromatic carbocycles. The van der Waals surface area contributed by atoms with Gasteiger partial charge < -0.3 is 5.11 Å². The molecule has 0 saturated carbocycles. The molecule has 0 fully saturated rings. The Morgan fingerprint density at radius 3 is 2.73 bits per heavy atom. The standard InChI is InChI=1S/C8H10N2O2S3/c1-5(3-6(11)12)4-14-8-10-9-7(13-2)15-8/h3H,4H2,1-2H3,(H,11,12). The predicted octanol–water partition coefficient (Wildman–Crippen LogP) is 2.38. The maximum atomic E-state index is 10.4. The van der Waals surface area contributed by atoms with E-state index in [1.807, 2.05) is 6.26 Å². The van der Waals surface area contributed by atoms with Crippen LogP contribution in [0.25, 0.3) is 0 Å². The quantitative estimate of drug-likeness (QED) is 0.649. The van der Waals surface area contributed by atoms with E-state index in [-0.39, 0.29) is 0 Å². The lowest BCUT2D eigenvalue weighted by Gasteiger charge is -1.95. The average molecular weight is 262 g/mol. The van der Waals surface area contributed by atoms with Crippen molar-refractivity contribution in [2.75, 3.05) is 12.0 Å². The average Bonchev–Trinajstić information content (AvgIpc) is 2.61. The van der Waals surface area contributed by atoms with Gasteiger partial charge in [0.1, 0.15) is 0 Å². The molecule has 1 aromatic rings. The summed E-state index contributed by atoms with van der Waals surface area (Å²) >= 11 is 4.59. The van der Waals surface area contributed by atoms with Gasteiger partial charge in [-0.3, -0.25) is 0 Å². The van der Waals surface area contributed by atoms with Gasteiger partial charge in [-0.25, -0.2) is 4.79 Å². The smallest absolute Gasteiger partial charge is 0.328 e. The Hall–Kier alpha value is -0.530. The summed E-state index contributed by atoms with van der Waals surface area (Å²) in [6.45, 7) is 1.79. The molecule has 0 saturated heterocycles. The van der Waals surface area contributed by atoms with Gasteiger partial charge in [-0.2, -0.15) is 0 Å². The molecule has 0 aliphatic rings. The van der Waals surface area contributed by atoms with Gasteiger partial charge in [0.15, 0.2) is 8.68 Å². The molecule has 1 heterocycles. The molecule has 0 unspecified atom stereocenters. The fourth-order valence-corrected chi connectivity index (χ4v) is 3.11. The molecule has 7 heteroatoms. The molecule has 1 N–H and O–H groups in total. The van der Waals surface area contributed by atoms with Gasteiger partial charge in [-0.15, -0.1) is 10.2 Å². The number of aromatic nitrogens is 2. The molecule has 0 radical (unpaired) electrons. The number of carboxylic acids is 1. The van der Waals surface area contributed by atoms with Crippen molar-refractivity contribution >= 4 is 40.8 Å². The van der Waals surface area contributed by atoms with E-state index in [9.17, 15) is 4.79 Å². The number of nitrogens with zero attached hydrogens (tertiary/aromatic N) is 2. The first-order chi connectivity index (χ1) is 7.11. The summed E-state index contributed by atoms with van der Waals surface area (Å²) in [6, 6.07) is 0. The third kappa shape index (κ3) is 4.67. The lowest BCUT2D eigenvalue weighted by atomic mass is 10.3. The Morgan fingerprint density at radius 2 is 2.20 bits per heavy atom. The Labute approximate surface area is 100 Å². The Balaban J connectivity index is 2.46. The number of hydrogen-bond acceptors (Lipinski definition) is 6. The molecule has 0 amide bonds. The van der Waals surface area contributed by atoms with Crippen molar-refractivity contribution in [1.29, 1.82) is 0 Å². The van der Waals surface area contributed by atoms with Crippen molar-refractivity contribution in [1.82, 2.24) is 10.2 Å². The second-order valence-electron chi connectivity index (χ2n) is 2.66. The van der Waals surface area contributed by atoms with E-state index >= 15 is 0 Å². The third-order valence-electron chi connectivity index (χ3n) is 1.36. The van der Waals surface area contributed by atoms with Crippen molar-refractivity contribution in [2.45, 2.75) is 15.6 Å². The van der Waals surface area contributed by atoms with Gasteiger partial charge in [0.05, 0.1) is 0 Å². The van der Waals surface area contributed by atoms with Crippen LogP contribution < -0.4 is 0 Å². The first kappa shape index (κ1) is 12.5. The normalized spacial score (nSPS) is 11.7. The van der Waals surface area contributed by atoms with Gasteiger partial charge in [-0.1, -0.05) is 40.4 Å². The SMILES string of the molecule is CSc1nnc(SCC(C)=CC(=O)O)s1. The van der Waals surface area contributed by atoms with Gasteiger partial charge >= 0.3 is 5.97 Å². The van der Waals surface area contributed by atoms with Gasteiger partial charge in [0.2, 0.25) is 0 Å². The van der Waals surface area contributed by atoms with Crippen LogP contribution in [0.3, 0.4) is 0 Å². The van der Waals surface area contributed by atoms with Crippen LogP contribution >= 0.6 is 34.9 Å². The highest BCUT2D eigenvalue weighted by Crippen LogP contribution is 2.28. The molecule has 0 bridgehead atoms. The topological polar surface area (TPSA) is 63.1 Å². The zero-order valence-electron chi connectivity index (χ0n) is 8.26. The minimum Gasteiger partial charge on any atom is -0.478 e. The molecule has 15 heavy (non-hydrogen) atoms. The monoisotopic (exact) mass is 262 g/mol. The third-order valence-corrected chi connectivity index (χ3v) is 4.58. The van der Waals surface area contributed by atoms with E-state index in [4.69, 9.17) is 5.11 Å². The summed E-state index contributed by atoms with van der Waals surface area (Å²) in [7, 11) is 0. The fraction of sp³-hybridized carbons (Fsp3) is 0.375. The Morgan fingerprint density at radius 1 is 1.53 bits per heavy atom. The number of hydrogen-bond donors (Lipinski definition) is 1. The molecule has 82 valence electrons. The van der Waals surface area contributed by atoms with E-state index < -0.39 is 5.97 Å². The number of carboxylic acid groups (broad SMARTS) is 1. The highest BCUT2D eigenvalue weighted by Gasteiger charge is 2.04. The summed E-state index contributed by atoms with van der Waals surface area (Å²) in [5.74, 6) is -0.273. The van der Waals surface area contributed by atoms with Crippen LogP contribution in [-0.4, -0.2) is 33.3 Å². The highest BCUT2D eigenvalue weighted by atomic mass is 32.2. The largest absolute Gasteiger partial charge is 0.478 e. The molecule has 0 aliphatic carbocycles. The Bertz CT molecular complexity index is 376. The Kier molecular flexibility index (Phi) is 5.13. The van der Waals surface area contributed by atoms with Crippen molar-refractivity contribution in [3.05, 3.63) is 11.6 Å². The van der Waals surface area contributed by atoms with E-state index in [1.165, 1.54) is 29.2 Å². The van der Waals surface area contributed by atoms with E-state index in [0.29, 0.717) is 5.75 Å². The lowest BCUT2D eigenvalue weighted by molar-refractivity contribution is -0.131. The second-order valence-corrected chi connectivity index (χ2v) is 5.91. The molecule has 4 nitrogen and oxygen atoms in total. The summed E-state index contributed by atoms with van der Waals surface area (Å²) in [5.41, 5.74) is 0.813. The van der Waals surface area contributed by atoms with Gasteiger partial charge in [0, 0.05) is 11.8 Å². The number of carbonyl (C=O) groups is 1. The van der Waals surface area contributed by atoms with Crippen molar-refractivity contribution in [3.8, 4) is 0 Å². The zero-order chi connectivity index (χ0) is 11.3. The first-order valence-corrected chi connectivity index (χ1v) is 7.05. The van der Waals surface area contributed by atoms with E-state index in [2.05, 4.69) is 10.2 Å². The zero-order valence-corrected chi connectivity index (χ0v) is 10.7. The van der Waals surface area contributed by atoms with Crippen LogP contribution in [0.1, 0.15) is 6.92 Å². The second kappa shape index (κ2) is 6.14. The van der Waals surface area contributed by atoms with Crippen molar-refractivity contribution < 1.29 is 9.90 Å². The number of thioether (sulfide) groups is 2. The molecule has 0 atom stereocenters. The minimum absolute atomic E-state index is 0.634. The lowest BCUT2D eigenvalue weighted by Crippen LogP contribution is -1.91. The van der Waals surface area contributed by atoms with Crippen molar-refractivity contribution in [2.24, 2.45) is 0 Å². The summed E-state index contributed by atoms with van der Waals surface area (Å²) in [5, 5.41) is 16.4. The molecule has 0 aliphatic heterocycles. The molecule has 1 aromatic heterocycles. The van der Waals surface area contributed by atoms with Crippen LogP contribution in [0.15, 0.2) is 20.3 Å². The highest BCUT2D eigenvalue weighted by molar-refractivity contribution is 8.03. The van der Waals surface area contributed by atoms with Crippen LogP contribution in [0.2, 0.25) is 0 Å². The van der Waals surface area contributed by atoms with E-state index in [0.717, 1.165) is 14.3 Å².